The number of para-hydroxylation sites is 1. The van der Waals surface area contributed by atoms with Gasteiger partial charge in [-0.05, 0) is 42.3 Å². The van der Waals surface area contributed by atoms with Crippen LogP contribution >= 0.6 is 0 Å². The highest BCUT2D eigenvalue weighted by Crippen LogP contribution is 2.34. The first-order chi connectivity index (χ1) is 17.4. The minimum absolute atomic E-state index is 0.0629. The van der Waals surface area contributed by atoms with Crippen molar-refractivity contribution in [2.45, 2.75) is 32.4 Å². The van der Waals surface area contributed by atoms with Crippen LogP contribution in [0.2, 0.25) is 0 Å². The molecule has 1 atom stereocenters. The van der Waals surface area contributed by atoms with Gasteiger partial charge in [0.05, 0.1) is 13.0 Å². The Hall–Kier alpha value is -3.53. The summed E-state index contributed by atoms with van der Waals surface area (Å²) in [6.45, 7) is 2.24. The summed E-state index contributed by atoms with van der Waals surface area (Å²) >= 11 is -2.07. The van der Waals surface area contributed by atoms with E-state index in [9.17, 15) is 13.6 Å². The lowest BCUT2D eigenvalue weighted by Gasteiger charge is -2.14. The van der Waals surface area contributed by atoms with Crippen LogP contribution in [0.3, 0.4) is 0 Å². The number of hydrogen-bond acceptors (Lipinski definition) is 5. The van der Waals surface area contributed by atoms with Gasteiger partial charge in [0.15, 0.2) is 11.1 Å². The van der Waals surface area contributed by atoms with Crippen molar-refractivity contribution in [1.29, 1.82) is 0 Å². The topological polar surface area (TPSA) is 104 Å². The van der Waals surface area contributed by atoms with Crippen molar-refractivity contribution in [1.82, 2.24) is 4.57 Å². The fourth-order valence-electron chi connectivity index (χ4n) is 4.16. The second-order valence-electron chi connectivity index (χ2n) is 8.17. The molecule has 9 heteroatoms. The van der Waals surface area contributed by atoms with E-state index in [1.165, 1.54) is 0 Å². The van der Waals surface area contributed by atoms with Gasteiger partial charge in [0.2, 0.25) is 0 Å². The van der Waals surface area contributed by atoms with E-state index in [1.807, 2.05) is 24.3 Å². The molecule has 1 heterocycles. The highest BCUT2D eigenvalue weighted by molar-refractivity contribution is 7.78. The number of halogens is 1. The van der Waals surface area contributed by atoms with E-state index >= 15 is 4.39 Å². The predicted octanol–water partition coefficient (Wildman–Crippen LogP) is 4.77. The molecule has 0 aliphatic carbocycles. The Morgan fingerprint density at radius 1 is 1.08 bits per heavy atom. The molecule has 0 bridgehead atoms. The molecule has 0 aliphatic heterocycles. The van der Waals surface area contributed by atoms with Crippen LogP contribution < -0.4 is 10.5 Å². The molecular weight excluding hydrogens is 483 g/mol. The Labute approximate surface area is 210 Å². The Kier molecular flexibility index (Phi) is 8.14. The van der Waals surface area contributed by atoms with E-state index in [1.54, 1.807) is 54.1 Å². The molecule has 7 nitrogen and oxygen atoms in total. The minimum Gasteiger partial charge on any atom is -0.489 e. The van der Waals surface area contributed by atoms with Gasteiger partial charge < -0.3 is 24.3 Å². The molecule has 1 aromatic heterocycles. The van der Waals surface area contributed by atoms with Gasteiger partial charge in [-0.25, -0.2) is 8.60 Å². The van der Waals surface area contributed by atoms with Crippen LogP contribution in [0.15, 0.2) is 66.9 Å². The summed E-state index contributed by atoms with van der Waals surface area (Å²) in [6.07, 6.45) is 1.78. The zero-order valence-electron chi connectivity index (χ0n) is 19.8. The summed E-state index contributed by atoms with van der Waals surface area (Å²) in [4.78, 5) is 12.0. The van der Waals surface area contributed by atoms with Crippen LogP contribution in [0.5, 0.6) is 5.75 Å². The Bertz CT molecular complexity index is 1420. The van der Waals surface area contributed by atoms with Gasteiger partial charge >= 0.3 is 5.97 Å². The third-order valence-corrected chi connectivity index (χ3v) is 6.29. The molecule has 3 aromatic carbocycles. The van der Waals surface area contributed by atoms with Gasteiger partial charge in [-0.15, -0.1) is 0 Å². The molecular formula is C27H27FN2O5S. The second-order valence-corrected chi connectivity index (χ2v) is 9.07. The third kappa shape index (κ3) is 5.64. The van der Waals surface area contributed by atoms with E-state index in [0.29, 0.717) is 40.1 Å². The monoisotopic (exact) mass is 510 g/mol. The van der Waals surface area contributed by atoms with Gasteiger partial charge in [-0.2, -0.15) is 0 Å². The van der Waals surface area contributed by atoms with Gasteiger partial charge in [-0.3, -0.25) is 4.79 Å². The summed E-state index contributed by atoms with van der Waals surface area (Å²) in [5, 5.41) is 0.736. The van der Waals surface area contributed by atoms with Crippen molar-refractivity contribution in [2.24, 2.45) is 5.73 Å². The van der Waals surface area contributed by atoms with E-state index in [4.69, 9.17) is 15.2 Å². The quantitative estimate of drug-likeness (QED) is 0.235. The SMILES string of the molecule is CCOC(=O)Cc1ccccc1OCc1cc(-c2cccc(CN)c2F)c2ccn(CS(=O)O)c2c1. The Balaban J connectivity index is 1.74. The highest BCUT2D eigenvalue weighted by Gasteiger charge is 2.17. The number of benzene rings is 3. The van der Waals surface area contributed by atoms with Crippen molar-refractivity contribution >= 4 is 28.0 Å². The predicted molar refractivity (Wildman–Crippen MR) is 137 cm³/mol. The van der Waals surface area contributed by atoms with Crippen LogP contribution in [-0.4, -0.2) is 25.9 Å². The number of carbonyl (C=O) groups excluding carboxylic acids is 1. The molecule has 4 rings (SSSR count). The molecule has 0 saturated carbocycles. The average Bonchev–Trinajstić information content (AvgIpc) is 3.25. The van der Waals surface area contributed by atoms with Crippen molar-refractivity contribution in [3.05, 3.63) is 89.4 Å². The molecule has 4 aromatic rings. The lowest BCUT2D eigenvalue weighted by atomic mass is 9.97. The van der Waals surface area contributed by atoms with Crippen LogP contribution in [-0.2, 0) is 46.1 Å². The average molecular weight is 511 g/mol. The summed E-state index contributed by atoms with van der Waals surface area (Å²) in [5.74, 6) is -0.337. The first-order valence-corrected chi connectivity index (χ1v) is 12.7. The number of rotatable bonds is 10. The molecule has 36 heavy (non-hydrogen) atoms. The highest BCUT2D eigenvalue weighted by atomic mass is 32.2. The Morgan fingerprint density at radius 3 is 2.61 bits per heavy atom. The van der Waals surface area contributed by atoms with Crippen LogP contribution in [0.1, 0.15) is 23.6 Å². The zero-order chi connectivity index (χ0) is 25.7. The number of hydrogen-bond donors (Lipinski definition) is 2. The molecule has 0 saturated heterocycles. The molecule has 3 N–H and O–H groups in total. The standard InChI is InChI=1S/C27H27FN2O5S/c1-2-34-26(31)14-19-6-3-4-9-25(19)35-16-18-12-23(22-8-5-7-20(15-29)27(22)28)21-10-11-30(17-36(32)33)24(21)13-18/h3-13H,2,14-17,29H2,1H3,(H,32,33). The lowest BCUT2D eigenvalue weighted by molar-refractivity contribution is -0.142. The summed E-state index contributed by atoms with van der Waals surface area (Å²) in [6, 6.07) is 17.8. The number of esters is 1. The van der Waals surface area contributed by atoms with Crippen molar-refractivity contribution < 1.29 is 27.4 Å². The molecule has 0 aliphatic rings. The molecule has 0 radical (unpaired) electrons. The van der Waals surface area contributed by atoms with Crippen molar-refractivity contribution in [2.75, 3.05) is 6.61 Å². The maximum absolute atomic E-state index is 15.3. The number of fused-ring (bicyclic) bond motifs is 1. The van der Waals surface area contributed by atoms with E-state index in [-0.39, 0.29) is 31.4 Å². The minimum atomic E-state index is -2.07. The molecule has 0 spiro atoms. The number of aromatic nitrogens is 1. The van der Waals surface area contributed by atoms with Crippen LogP contribution in [0, 0.1) is 5.82 Å². The van der Waals surface area contributed by atoms with E-state index in [0.717, 1.165) is 10.9 Å². The first kappa shape index (κ1) is 25.6. The number of nitrogens with zero attached hydrogens (tertiary/aromatic N) is 1. The Morgan fingerprint density at radius 2 is 1.86 bits per heavy atom. The summed E-state index contributed by atoms with van der Waals surface area (Å²) in [5.41, 5.74) is 9.22. The number of carbonyl (C=O) groups is 1. The van der Waals surface area contributed by atoms with Gasteiger partial charge in [-0.1, -0.05) is 36.4 Å². The van der Waals surface area contributed by atoms with Crippen LogP contribution in [0.4, 0.5) is 4.39 Å². The first-order valence-electron chi connectivity index (χ1n) is 11.4. The van der Waals surface area contributed by atoms with Gasteiger partial charge in [0.25, 0.3) is 0 Å². The maximum Gasteiger partial charge on any atom is 0.310 e. The van der Waals surface area contributed by atoms with Crippen molar-refractivity contribution in [3.63, 3.8) is 0 Å². The molecule has 0 amide bonds. The van der Waals surface area contributed by atoms with Crippen molar-refractivity contribution in [3.8, 4) is 16.9 Å². The second kappa shape index (κ2) is 11.5. The molecule has 0 fully saturated rings. The smallest absolute Gasteiger partial charge is 0.310 e. The van der Waals surface area contributed by atoms with Crippen LogP contribution in [0.25, 0.3) is 22.0 Å². The van der Waals surface area contributed by atoms with E-state index in [2.05, 4.69) is 0 Å². The lowest BCUT2D eigenvalue weighted by Crippen LogP contribution is -2.09. The fraction of sp³-hybridized carbons (Fsp3) is 0.222. The van der Waals surface area contributed by atoms with Gasteiger partial charge in [0.1, 0.15) is 24.1 Å². The normalized spacial score (nSPS) is 12.0. The largest absolute Gasteiger partial charge is 0.489 e. The van der Waals surface area contributed by atoms with Gasteiger partial charge in [0, 0.05) is 40.3 Å². The fourth-order valence-corrected chi connectivity index (χ4v) is 4.62. The number of ether oxygens (including phenoxy) is 2. The third-order valence-electron chi connectivity index (χ3n) is 5.79. The summed E-state index contributed by atoms with van der Waals surface area (Å²) < 4.78 is 49.0. The molecule has 188 valence electrons. The maximum atomic E-state index is 15.3. The van der Waals surface area contributed by atoms with E-state index < -0.39 is 16.9 Å². The molecule has 1 unspecified atom stereocenters. The summed E-state index contributed by atoms with van der Waals surface area (Å²) in [7, 11) is 0. The zero-order valence-corrected chi connectivity index (χ0v) is 20.6. The number of nitrogens with two attached hydrogens (primary N) is 1.